The molecule has 2 N–H and O–H groups in total. The maximum atomic E-state index is 10.9. The van der Waals surface area contributed by atoms with Crippen LogP contribution >= 0.6 is 0 Å². The Hall–Kier alpha value is -0.570. The number of carbonyl (C=O) groups excluding carboxylic acids is 1. The third-order valence-electron chi connectivity index (χ3n) is 3.36. The normalized spacial score (nSPS) is 38.4. The third kappa shape index (κ3) is 2.02. The highest BCUT2D eigenvalue weighted by Crippen LogP contribution is 2.32. The van der Waals surface area contributed by atoms with Crippen LogP contribution in [-0.2, 0) is 4.79 Å². The number of hydrogen-bond acceptors (Lipinski definition) is 2. The molecule has 0 aromatic carbocycles. The van der Waals surface area contributed by atoms with Crippen molar-refractivity contribution in [3.63, 3.8) is 0 Å². The van der Waals surface area contributed by atoms with E-state index in [0.717, 1.165) is 18.4 Å². The summed E-state index contributed by atoms with van der Waals surface area (Å²) in [6.45, 7) is 3.96. The Morgan fingerprint density at radius 1 is 1.31 bits per heavy atom. The van der Waals surface area contributed by atoms with Crippen molar-refractivity contribution in [2.24, 2.45) is 11.8 Å². The minimum absolute atomic E-state index is 0.120. The molecule has 3 atom stereocenters. The minimum atomic E-state index is 0.120. The summed E-state index contributed by atoms with van der Waals surface area (Å²) >= 11 is 0. The number of amides is 1. The van der Waals surface area contributed by atoms with Crippen LogP contribution in [0.2, 0.25) is 0 Å². The van der Waals surface area contributed by atoms with Gasteiger partial charge in [0.25, 0.3) is 0 Å². The molecule has 1 aliphatic heterocycles. The van der Waals surface area contributed by atoms with Crippen molar-refractivity contribution in [2.45, 2.75) is 32.2 Å². The molecular formula is C10H18N2O. The van der Waals surface area contributed by atoms with Crippen molar-refractivity contribution in [1.82, 2.24) is 10.6 Å². The summed E-state index contributed by atoms with van der Waals surface area (Å²) in [5.41, 5.74) is 0. The van der Waals surface area contributed by atoms with Gasteiger partial charge in [0.05, 0.1) is 0 Å². The van der Waals surface area contributed by atoms with E-state index in [-0.39, 0.29) is 5.91 Å². The number of nitrogens with one attached hydrogen (secondary N) is 2. The molecule has 2 fully saturated rings. The predicted molar refractivity (Wildman–Crippen MR) is 51.3 cm³/mol. The van der Waals surface area contributed by atoms with Crippen molar-refractivity contribution in [3.8, 4) is 0 Å². The molecule has 74 valence electrons. The Balaban J connectivity index is 1.86. The van der Waals surface area contributed by atoms with Crippen molar-refractivity contribution in [1.29, 1.82) is 0 Å². The van der Waals surface area contributed by atoms with Gasteiger partial charge in [-0.2, -0.15) is 0 Å². The van der Waals surface area contributed by atoms with Crippen LogP contribution in [0.5, 0.6) is 0 Å². The number of hydrogen-bond donors (Lipinski definition) is 2. The van der Waals surface area contributed by atoms with Gasteiger partial charge in [-0.3, -0.25) is 4.79 Å². The fourth-order valence-corrected chi connectivity index (χ4v) is 2.72. The number of fused-ring (bicyclic) bond motifs is 1. The van der Waals surface area contributed by atoms with E-state index < -0.39 is 0 Å². The lowest BCUT2D eigenvalue weighted by atomic mass is 9.79. The molecule has 13 heavy (non-hydrogen) atoms. The Morgan fingerprint density at radius 3 is 2.85 bits per heavy atom. The average molecular weight is 182 g/mol. The van der Waals surface area contributed by atoms with Gasteiger partial charge >= 0.3 is 0 Å². The topological polar surface area (TPSA) is 41.1 Å². The van der Waals surface area contributed by atoms with Crippen molar-refractivity contribution in [2.75, 3.05) is 13.1 Å². The van der Waals surface area contributed by atoms with Crippen molar-refractivity contribution >= 4 is 5.91 Å². The highest BCUT2D eigenvalue weighted by molar-refractivity contribution is 5.73. The molecule has 0 spiro atoms. The molecule has 0 aromatic heterocycles. The Morgan fingerprint density at radius 2 is 2.08 bits per heavy atom. The van der Waals surface area contributed by atoms with E-state index in [1.807, 2.05) is 0 Å². The maximum Gasteiger partial charge on any atom is 0.217 e. The Kier molecular flexibility index (Phi) is 2.54. The van der Waals surface area contributed by atoms with E-state index in [1.54, 1.807) is 6.92 Å². The minimum Gasteiger partial charge on any atom is -0.354 e. The molecule has 0 aromatic rings. The zero-order chi connectivity index (χ0) is 9.26. The van der Waals surface area contributed by atoms with Crippen LogP contribution in [0, 0.1) is 11.8 Å². The van der Waals surface area contributed by atoms with Crippen LogP contribution in [0.15, 0.2) is 0 Å². The van der Waals surface area contributed by atoms with Gasteiger partial charge in [-0.15, -0.1) is 0 Å². The smallest absolute Gasteiger partial charge is 0.217 e. The van der Waals surface area contributed by atoms with Crippen LogP contribution in [0.25, 0.3) is 0 Å². The summed E-state index contributed by atoms with van der Waals surface area (Å²) in [7, 11) is 0. The second kappa shape index (κ2) is 3.66. The van der Waals surface area contributed by atoms with E-state index >= 15 is 0 Å². The highest BCUT2D eigenvalue weighted by atomic mass is 16.1. The zero-order valence-corrected chi connectivity index (χ0v) is 8.18. The van der Waals surface area contributed by atoms with Crippen molar-refractivity contribution in [3.05, 3.63) is 0 Å². The molecule has 0 bridgehead atoms. The summed E-state index contributed by atoms with van der Waals surface area (Å²) < 4.78 is 0. The summed E-state index contributed by atoms with van der Waals surface area (Å²) in [5.74, 6) is 1.81. The third-order valence-corrected chi connectivity index (χ3v) is 3.36. The van der Waals surface area contributed by atoms with Gasteiger partial charge < -0.3 is 10.6 Å². The van der Waals surface area contributed by atoms with Gasteiger partial charge in [0, 0.05) is 13.0 Å². The second-order valence-electron chi connectivity index (χ2n) is 4.39. The van der Waals surface area contributed by atoms with Gasteiger partial charge in [-0.05, 0) is 44.2 Å². The van der Waals surface area contributed by atoms with Gasteiger partial charge in [0.15, 0.2) is 0 Å². The standard InChI is InChI=1S/C10H18N2O/c1-7(13)12-10-3-2-8-5-11-6-9(8)4-10/h8-11H,2-6H2,1H3,(H,12,13)/t8-,9+,10?/m0/s1. The Bertz CT molecular complexity index is 205. The molecule has 1 saturated heterocycles. The SMILES string of the molecule is CC(=O)NC1CC[C@H]2CNC[C@H]2C1. The average Bonchev–Trinajstić information content (AvgIpc) is 2.49. The first-order chi connectivity index (χ1) is 6.25. The van der Waals surface area contributed by atoms with Gasteiger partial charge in [-0.25, -0.2) is 0 Å². The van der Waals surface area contributed by atoms with Crippen LogP contribution in [0.1, 0.15) is 26.2 Å². The molecule has 1 unspecified atom stereocenters. The van der Waals surface area contributed by atoms with E-state index in [4.69, 9.17) is 0 Å². The largest absolute Gasteiger partial charge is 0.354 e. The molecular weight excluding hydrogens is 164 g/mol. The quantitative estimate of drug-likeness (QED) is 0.620. The molecule has 1 amide bonds. The fraction of sp³-hybridized carbons (Fsp3) is 0.900. The fourth-order valence-electron chi connectivity index (χ4n) is 2.72. The van der Waals surface area contributed by atoms with Crippen LogP contribution in [0.4, 0.5) is 0 Å². The predicted octanol–water partition coefficient (Wildman–Crippen LogP) is 0.511. The molecule has 1 aliphatic carbocycles. The lowest BCUT2D eigenvalue weighted by Crippen LogP contribution is -2.39. The van der Waals surface area contributed by atoms with Crippen LogP contribution in [-0.4, -0.2) is 25.0 Å². The first kappa shape index (κ1) is 9.00. The van der Waals surface area contributed by atoms with Gasteiger partial charge in [0.2, 0.25) is 5.91 Å². The van der Waals surface area contributed by atoms with Crippen LogP contribution in [0.3, 0.4) is 0 Å². The summed E-state index contributed by atoms with van der Waals surface area (Å²) in [5, 5.41) is 6.45. The Labute approximate surface area is 79.3 Å². The number of carbonyl (C=O) groups is 1. The monoisotopic (exact) mass is 182 g/mol. The van der Waals surface area contributed by atoms with Gasteiger partial charge in [0.1, 0.15) is 0 Å². The lowest BCUT2D eigenvalue weighted by Gasteiger charge is -2.31. The van der Waals surface area contributed by atoms with Crippen LogP contribution < -0.4 is 10.6 Å². The molecule has 3 heteroatoms. The molecule has 2 rings (SSSR count). The van der Waals surface area contributed by atoms with E-state index in [0.29, 0.717) is 6.04 Å². The first-order valence-corrected chi connectivity index (χ1v) is 5.23. The van der Waals surface area contributed by atoms with Gasteiger partial charge in [-0.1, -0.05) is 0 Å². The van der Waals surface area contributed by atoms with E-state index in [1.165, 1.54) is 25.8 Å². The maximum absolute atomic E-state index is 10.9. The molecule has 2 aliphatic rings. The molecule has 1 saturated carbocycles. The van der Waals surface area contributed by atoms with E-state index in [9.17, 15) is 4.79 Å². The summed E-state index contributed by atoms with van der Waals surface area (Å²) in [6, 6.07) is 0.443. The molecule has 3 nitrogen and oxygen atoms in total. The first-order valence-electron chi connectivity index (χ1n) is 5.23. The summed E-state index contributed by atoms with van der Waals surface area (Å²) in [4.78, 5) is 10.9. The van der Waals surface area contributed by atoms with E-state index in [2.05, 4.69) is 10.6 Å². The highest BCUT2D eigenvalue weighted by Gasteiger charge is 2.33. The second-order valence-corrected chi connectivity index (χ2v) is 4.39. The molecule has 1 heterocycles. The van der Waals surface area contributed by atoms with Crippen molar-refractivity contribution < 1.29 is 4.79 Å². The number of rotatable bonds is 1. The zero-order valence-electron chi connectivity index (χ0n) is 8.18. The molecule has 0 radical (unpaired) electrons. The summed E-state index contributed by atoms with van der Waals surface area (Å²) in [6.07, 6.45) is 3.63. The lowest BCUT2D eigenvalue weighted by molar-refractivity contribution is -0.120.